The van der Waals surface area contributed by atoms with Crippen LogP contribution in [0.25, 0.3) is 10.9 Å². The zero-order valence-corrected chi connectivity index (χ0v) is 16.7. The number of para-hydroxylation sites is 1. The molecule has 2 saturated heterocycles. The minimum atomic E-state index is -0.270. The number of likely N-dealkylation sites (tertiary alicyclic amines) is 1. The van der Waals surface area contributed by atoms with Crippen LogP contribution in [-0.4, -0.2) is 77.3 Å². The van der Waals surface area contributed by atoms with Gasteiger partial charge < -0.3 is 14.8 Å². The van der Waals surface area contributed by atoms with E-state index in [0.29, 0.717) is 43.8 Å². The number of carbonyl (C=O) groups is 2. The Balaban J connectivity index is 1.38. The maximum absolute atomic E-state index is 13.1. The molecule has 0 radical (unpaired) electrons. The van der Waals surface area contributed by atoms with Crippen molar-refractivity contribution in [3.05, 3.63) is 46.2 Å². The molecule has 29 heavy (non-hydrogen) atoms. The third-order valence-corrected chi connectivity index (χ3v) is 5.96. The number of pyridine rings is 1. The lowest BCUT2D eigenvalue weighted by Crippen LogP contribution is -2.51. The fourth-order valence-corrected chi connectivity index (χ4v) is 4.27. The van der Waals surface area contributed by atoms with Crippen molar-refractivity contribution in [1.82, 2.24) is 19.7 Å². The topological polar surface area (TPSA) is 76.7 Å². The molecule has 2 aromatic rings. The summed E-state index contributed by atoms with van der Waals surface area (Å²) in [4.78, 5) is 46.3. The molecule has 154 valence electrons. The Morgan fingerprint density at radius 3 is 2.28 bits per heavy atom. The molecule has 7 heteroatoms. The number of benzene rings is 1. The highest BCUT2D eigenvalue weighted by molar-refractivity contribution is 6.06. The number of fused-ring (bicyclic) bond motifs is 1. The molecule has 2 amide bonds. The van der Waals surface area contributed by atoms with Crippen LogP contribution in [0.3, 0.4) is 0 Å². The van der Waals surface area contributed by atoms with Gasteiger partial charge in [-0.3, -0.25) is 19.3 Å². The first kappa shape index (κ1) is 19.6. The SMILES string of the molecule is O=C(CN1CCN(C(=O)c2cc(=O)[nH]c3ccccc23)CC1)N1CCCCCC1. The van der Waals surface area contributed by atoms with Gasteiger partial charge in [-0.05, 0) is 18.9 Å². The van der Waals surface area contributed by atoms with Crippen LogP contribution in [0.2, 0.25) is 0 Å². The predicted molar refractivity (Wildman–Crippen MR) is 112 cm³/mol. The highest BCUT2D eigenvalue weighted by atomic mass is 16.2. The van der Waals surface area contributed by atoms with Crippen LogP contribution in [0.4, 0.5) is 0 Å². The zero-order valence-electron chi connectivity index (χ0n) is 16.7. The molecule has 3 heterocycles. The van der Waals surface area contributed by atoms with Crippen LogP contribution in [0.15, 0.2) is 35.1 Å². The first-order valence-corrected chi connectivity index (χ1v) is 10.5. The molecular weight excluding hydrogens is 368 g/mol. The molecule has 2 aliphatic rings. The van der Waals surface area contributed by atoms with E-state index in [-0.39, 0.29) is 17.4 Å². The molecule has 1 aromatic heterocycles. The van der Waals surface area contributed by atoms with Gasteiger partial charge in [-0.1, -0.05) is 31.0 Å². The van der Waals surface area contributed by atoms with E-state index in [9.17, 15) is 14.4 Å². The van der Waals surface area contributed by atoms with Gasteiger partial charge >= 0.3 is 0 Å². The molecule has 0 aliphatic carbocycles. The second-order valence-electron chi connectivity index (χ2n) is 7.96. The van der Waals surface area contributed by atoms with E-state index in [1.54, 1.807) is 11.0 Å². The summed E-state index contributed by atoms with van der Waals surface area (Å²) >= 11 is 0. The van der Waals surface area contributed by atoms with Crippen molar-refractivity contribution >= 4 is 22.7 Å². The Bertz CT molecular complexity index is 938. The maximum Gasteiger partial charge on any atom is 0.254 e. The Morgan fingerprint density at radius 2 is 1.55 bits per heavy atom. The molecule has 1 N–H and O–H groups in total. The van der Waals surface area contributed by atoms with Crippen LogP contribution >= 0.6 is 0 Å². The van der Waals surface area contributed by atoms with Crippen molar-refractivity contribution < 1.29 is 9.59 Å². The van der Waals surface area contributed by atoms with Gasteiger partial charge in [0.05, 0.1) is 12.1 Å². The summed E-state index contributed by atoms with van der Waals surface area (Å²) in [6.45, 7) is 4.63. The monoisotopic (exact) mass is 396 g/mol. The number of aromatic nitrogens is 1. The van der Waals surface area contributed by atoms with Gasteiger partial charge in [-0.25, -0.2) is 0 Å². The van der Waals surface area contributed by atoms with Crippen LogP contribution < -0.4 is 5.56 Å². The van der Waals surface area contributed by atoms with Crippen molar-refractivity contribution in [2.75, 3.05) is 45.8 Å². The van der Waals surface area contributed by atoms with Crippen LogP contribution in [0.1, 0.15) is 36.0 Å². The molecule has 0 spiro atoms. The van der Waals surface area contributed by atoms with Gasteiger partial charge in [0.15, 0.2) is 0 Å². The second-order valence-corrected chi connectivity index (χ2v) is 7.96. The minimum absolute atomic E-state index is 0.120. The number of rotatable bonds is 3. The van der Waals surface area contributed by atoms with Gasteiger partial charge in [-0.2, -0.15) is 0 Å². The van der Waals surface area contributed by atoms with E-state index >= 15 is 0 Å². The molecule has 0 bridgehead atoms. The van der Waals surface area contributed by atoms with Gasteiger partial charge in [-0.15, -0.1) is 0 Å². The summed E-state index contributed by atoms with van der Waals surface area (Å²) in [7, 11) is 0. The average molecular weight is 396 g/mol. The molecule has 0 saturated carbocycles. The molecule has 4 rings (SSSR count). The number of hydrogen-bond acceptors (Lipinski definition) is 4. The highest BCUT2D eigenvalue weighted by Gasteiger charge is 2.26. The maximum atomic E-state index is 13.1. The number of aromatic amines is 1. The molecule has 2 aliphatic heterocycles. The van der Waals surface area contributed by atoms with E-state index in [4.69, 9.17) is 0 Å². The third kappa shape index (κ3) is 4.50. The molecular formula is C22H28N4O3. The summed E-state index contributed by atoms with van der Waals surface area (Å²) in [5.74, 6) is 0.0815. The Hall–Kier alpha value is -2.67. The molecule has 7 nitrogen and oxygen atoms in total. The number of nitrogens with zero attached hydrogens (tertiary/aromatic N) is 3. The van der Waals surface area contributed by atoms with Crippen molar-refractivity contribution in [2.24, 2.45) is 0 Å². The Kier molecular flexibility index (Phi) is 5.94. The number of nitrogens with one attached hydrogen (secondary N) is 1. The number of carbonyl (C=O) groups excluding carboxylic acids is 2. The average Bonchev–Trinajstić information content (AvgIpc) is 3.03. The van der Waals surface area contributed by atoms with E-state index in [1.807, 2.05) is 23.1 Å². The van der Waals surface area contributed by atoms with Crippen LogP contribution in [0, 0.1) is 0 Å². The Labute approximate surface area is 170 Å². The summed E-state index contributed by atoms with van der Waals surface area (Å²) in [5, 5.41) is 0.760. The van der Waals surface area contributed by atoms with Crippen molar-refractivity contribution in [2.45, 2.75) is 25.7 Å². The van der Waals surface area contributed by atoms with Crippen molar-refractivity contribution in [1.29, 1.82) is 0 Å². The van der Waals surface area contributed by atoms with Gasteiger partial charge in [0.1, 0.15) is 0 Å². The van der Waals surface area contributed by atoms with E-state index < -0.39 is 0 Å². The summed E-state index contributed by atoms with van der Waals surface area (Å²) in [6, 6.07) is 8.75. The number of amides is 2. The number of piperazine rings is 1. The summed E-state index contributed by atoms with van der Waals surface area (Å²) in [6.07, 6.45) is 4.61. The fourth-order valence-electron chi connectivity index (χ4n) is 4.27. The molecule has 0 unspecified atom stereocenters. The van der Waals surface area contributed by atoms with Crippen LogP contribution in [-0.2, 0) is 4.79 Å². The minimum Gasteiger partial charge on any atom is -0.342 e. The van der Waals surface area contributed by atoms with Gasteiger partial charge in [0, 0.05) is 56.2 Å². The first-order chi connectivity index (χ1) is 14.1. The van der Waals surface area contributed by atoms with E-state index in [1.165, 1.54) is 18.9 Å². The normalized spacial score (nSPS) is 18.6. The van der Waals surface area contributed by atoms with Crippen LogP contribution in [0.5, 0.6) is 0 Å². The first-order valence-electron chi connectivity index (χ1n) is 10.5. The molecule has 2 fully saturated rings. The van der Waals surface area contributed by atoms with Gasteiger partial charge in [0.2, 0.25) is 11.5 Å². The lowest BCUT2D eigenvalue weighted by atomic mass is 10.1. The quantitative estimate of drug-likeness (QED) is 0.857. The Morgan fingerprint density at radius 1 is 0.862 bits per heavy atom. The van der Waals surface area contributed by atoms with Crippen molar-refractivity contribution in [3.8, 4) is 0 Å². The standard InChI is InChI=1S/C22H28N4O3/c27-20-15-18(17-7-3-4-8-19(17)23-20)22(29)26-13-11-24(12-14-26)16-21(28)25-9-5-1-2-6-10-25/h3-4,7-8,15H,1-2,5-6,9-14,16H2,(H,23,27). The lowest BCUT2D eigenvalue weighted by molar-refractivity contribution is -0.132. The lowest BCUT2D eigenvalue weighted by Gasteiger charge is -2.35. The smallest absolute Gasteiger partial charge is 0.254 e. The van der Waals surface area contributed by atoms with E-state index in [0.717, 1.165) is 31.3 Å². The third-order valence-electron chi connectivity index (χ3n) is 5.96. The fraction of sp³-hybridized carbons (Fsp3) is 0.500. The molecule has 1 aromatic carbocycles. The highest BCUT2D eigenvalue weighted by Crippen LogP contribution is 2.18. The summed E-state index contributed by atoms with van der Waals surface area (Å²) in [5.41, 5.74) is 0.845. The second kappa shape index (κ2) is 8.78. The van der Waals surface area contributed by atoms with E-state index in [2.05, 4.69) is 9.88 Å². The number of H-pyrrole nitrogens is 1. The zero-order chi connectivity index (χ0) is 20.2. The number of hydrogen-bond donors (Lipinski definition) is 1. The predicted octanol–water partition coefficient (Wildman–Crippen LogP) is 1.69. The molecule has 0 atom stereocenters. The van der Waals surface area contributed by atoms with Crippen molar-refractivity contribution in [3.63, 3.8) is 0 Å². The van der Waals surface area contributed by atoms with Gasteiger partial charge in [0.25, 0.3) is 5.91 Å². The summed E-state index contributed by atoms with van der Waals surface area (Å²) < 4.78 is 0. The largest absolute Gasteiger partial charge is 0.342 e.